The van der Waals surface area contributed by atoms with Gasteiger partial charge in [0.25, 0.3) is 0 Å². The van der Waals surface area contributed by atoms with E-state index < -0.39 is 106 Å². The van der Waals surface area contributed by atoms with Crippen molar-refractivity contribution < 1.29 is 127 Å². The highest BCUT2D eigenvalue weighted by atomic mass is 31.2. The molecule has 0 saturated heterocycles. The van der Waals surface area contributed by atoms with Crippen molar-refractivity contribution in [2.45, 2.75) is 36.6 Å². The minimum atomic E-state index is -4.95. The van der Waals surface area contributed by atoms with E-state index in [9.17, 15) is 38.6 Å². The maximum Gasteiger partial charge on any atom is 0.470 e. The first kappa shape index (κ1) is 48.4. The summed E-state index contributed by atoms with van der Waals surface area (Å²) in [5, 5.41) is 63.3. The van der Waals surface area contributed by atoms with Crippen LogP contribution in [0.4, 0.5) is 0 Å². The van der Waals surface area contributed by atoms with Crippen molar-refractivity contribution in [2.24, 2.45) is 0 Å². The molecule has 42 heavy (non-hydrogen) atoms. The number of aliphatic hydroxyl groups excluding tert-OH is 7. The van der Waals surface area contributed by atoms with Gasteiger partial charge in [-0.25, -0.2) is 18.3 Å². The van der Waals surface area contributed by atoms with Gasteiger partial charge in [-0.15, -0.1) is 0 Å². The number of phosphoric acid groups is 4. The minimum Gasteiger partial charge on any atom is -0.412 e. The van der Waals surface area contributed by atoms with Crippen LogP contribution >= 0.6 is 31.3 Å². The third-order valence-electron chi connectivity index (χ3n) is 3.45. The standard InChI is InChI=1S/C6H14O12P2.C6H13O9P.H3O4P.H2O/c7-3(1-17-19(11,12)13)5(9)6(10)4(8)2-18-20(14,15)16;7-1-3(8)5(10)6(11)4(9)2-15-16(12,13)14;1-5(2,3)4;/h3,5-7,9-10H,1-2H2,(H2,11,12,13)(H2,14,15,16);4-7,9-11H,1-2H2,(H2,12,13,14);(H3,1,2,3,4);1H2/t3-,5-,6-;4-,5-,6-;;/m11../s1. The van der Waals surface area contributed by atoms with Gasteiger partial charge >= 0.3 is 31.3 Å². The average Bonchev–Trinajstić information content (AvgIpc) is 2.79. The van der Waals surface area contributed by atoms with Crippen molar-refractivity contribution >= 4 is 42.9 Å². The molecular weight excluding hydrogens is 684 g/mol. The van der Waals surface area contributed by atoms with Crippen LogP contribution in [0.3, 0.4) is 0 Å². The predicted octanol–water partition coefficient (Wildman–Crippen LogP) is -8.16. The molecule has 0 saturated carbocycles. The molecule has 0 fully saturated rings. The molecule has 0 aromatic heterocycles. The van der Waals surface area contributed by atoms with Gasteiger partial charge in [0.2, 0.25) is 0 Å². The molecule has 0 bridgehead atoms. The molecule has 256 valence electrons. The summed E-state index contributed by atoms with van der Waals surface area (Å²) in [6.07, 6.45) is -12.5. The molecule has 0 aromatic carbocycles. The van der Waals surface area contributed by atoms with E-state index in [1.807, 2.05) is 0 Å². The normalized spacial score (nSPS) is 16.6. The molecule has 0 radical (unpaired) electrons. The van der Waals surface area contributed by atoms with E-state index in [4.69, 9.17) is 69.0 Å². The second-order valence-electron chi connectivity index (χ2n) is 6.95. The molecule has 0 heterocycles. The highest BCUT2D eigenvalue weighted by Gasteiger charge is 2.33. The summed E-state index contributed by atoms with van der Waals surface area (Å²) in [6, 6.07) is 0. The first-order valence-electron chi connectivity index (χ1n) is 9.65. The second-order valence-corrected chi connectivity index (χ2v) is 11.7. The van der Waals surface area contributed by atoms with E-state index in [1.165, 1.54) is 0 Å². The Hall–Kier alpha value is -0.540. The minimum absolute atomic E-state index is 0. The Balaban J connectivity index is -0.000000294. The maximum absolute atomic E-state index is 11.2. The van der Waals surface area contributed by atoms with Gasteiger partial charge in [0.05, 0.1) is 13.2 Å². The molecule has 0 aliphatic heterocycles. The smallest absolute Gasteiger partial charge is 0.412 e. The molecule has 0 amide bonds. The molecule has 0 aromatic rings. The SMILES string of the molecule is O.O=C(CO)[C@@H](O)[C@H](O)[C@H](O)COP(=O)(O)O.O=C(COP(=O)(O)O)[C@@H](O)[C@H](O)[C@H](O)COP(=O)(O)O.O=P(O)(O)O. The van der Waals surface area contributed by atoms with Crippen LogP contribution in [0.25, 0.3) is 0 Å². The van der Waals surface area contributed by atoms with Gasteiger partial charge in [-0.3, -0.25) is 23.2 Å². The monoisotopic (exact) mass is 716 g/mol. The van der Waals surface area contributed by atoms with E-state index in [0.717, 1.165) is 0 Å². The van der Waals surface area contributed by atoms with Crippen LogP contribution < -0.4 is 0 Å². The molecule has 30 heteroatoms. The summed E-state index contributed by atoms with van der Waals surface area (Å²) in [7, 11) is -19.3. The van der Waals surface area contributed by atoms with Crippen molar-refractivity contribution in [1.82, 2.24) is 0 Å². The molecule has 0 rings (SSSR count). The molecule has 0 unspecified atom stereocenters. The molecular formula is C12H32O26P4. The summed E-state index contributed by atoms with van der Waals surface area (Å²) >= 11 is 0. The van der Waals surface area contributed by atoms with Crippen LogP contribution in [-0.4, -0.2) is 160 Å². The maximum atomic E-state index is 11.2. The highest BCUT2D eigenvalue weighted by Crippen LogP contribution is 2.37. The summed E-state index contributed by atoms with van der Waals surface area (Å²) in [4.78, 5) is 93.2. The number of aliphatic hydroxyl groups is 7. The average molecular weight is 716 g/mol. The molecule has 0 spiro atoms. The lowest BCUT2D eigenvalue weighted by Crippen LogP contribution is -2.45. The second kappa shape index (κ2) is 21.2. The molecule has 18 N–H and O–H groups in total. The lowest BCUT2D eigenvalue weighted by atomic mass is 10.1. The summed E-state index contributed by atoms with van der Waals surface area (Å²) in [6.45, 7) is -4.34. The number of carbonyl (C=O) groups excluding carboxylic acids is 2. The van der Waals surface area contributed by atoms with Gasteiger partial charge in [-0.2, -0.15) is 0 Å². The highest BCUT2D eigenvalue weighted by molar-refractivity contribution is 7.46. The van der Waals surface area contributed by atoms with E-state index in [0.29, 0.717) is 0 Å². The first-order chi connectivity index (χ1) is 18.0. The van der Waals surface area contributed by atoms with Gasteiger partial charge in [-0.05, 0) is 0 Å². The van der Waals surface area contributed by atoms with Crippen molar-refractivity contribution in [3.63, 3.8) is 0 Å². The van der Waals surface area contributed by atoms with Gasteiger partial charge in [-0.1, -0.05) is 0 Å². The Morgan fingerprint density at radius 3 is 1.05 bits per heavy atom. The lowest BCUT2D eigenvalue weighted by molar-refractivity contribution is -0.143. The number of phosphoric ester groups is 3. The number of hydrogen-bond acceptors (Lipinski definition) is 16. The van der Waals surface area contributed by atoms with Crippen molar-refractivity contribution in [1.29, 1.82) is 0 Å². The van der Waals surface area contributed by atoms with Crippen LogP contribution in [0, 0.1) is 0 Å². The van der Waals surface area contributed by atoms with E-state index >= 15 is 0 Å². The van der Waals surface area contributed by atoms with Crippen molar-refractivity contribution in [3.05, 3.63) is 0 Å². The molecule has 26 nitrogen and oxygen atoms in total. The van der Waals surface area contributed by atoms with Crippen LogP contribution in [0.15, 0.2) is 0 Å². The first-order valence-corrected chi connectivity index (χ1v) is 15.8. The zero-order chi connectivity index (χ0) is 33.6. The quantitative estimate of drug-likeness (QED) is 0.0659. The van der Waals surface area contributed by atoms with Gasteiger partial charge in [0.1, 0.15) is 49.8 Å². The van der Waals surface area contributed by atoms with E-state index in [-0.39, 0.29) is 5.48 Å². The predicted molar refractivity (Wildman–Crippen MR) is 125 cm³/mol. The van der Waals surface area contributed by atoms with Crippen molar-refractivity contribution in [2.75, 3.05) is 26.4 Å². The number of Topliss-reactive ketones (excluding diaryl/α,β-unsaturated/α-hetero) is 2. The van der Waals surface area contributed by atoms with E-state index in [2.05, 4.69) is 13.6 Å². The lowest BCUT2D eigenvalue weighted by Gasteiger charge is -2.22. The van der Waals surface area contributed by atoms with Crippen LogP contribution in [0.5, 0.6) is 0 Å². The fourth-order valence-corrected chi connectivity index (χ4v) is 2.66. The third kappa shape index (κ3) is 30.9. The number of ketones is 2. The van der Waals surface area contributed by atoms with Crippen LogP contribution in [0.1, 0.15) is 0 Å². The zero-order valence-corrected chi connectivity index (χ0v) is 24.0. The summed E-state index contributed by atoms with van der Waals surface area (Å²) < 4.78 is 51.2. The van der Waals surface area contributed by atoms with Crippen LogP contribution in [0.2, 0.25) is 0 Å². The molecule has 0 aliphatic carbocycles. The summed E-state index contributed by atoms with van der Waals surface area (Å²) in [5.41, 5.74) is 0. The van der Waals surface area contributed by atoms with Gasteiger partial charge in [0, 0.05) is 0 Å². The third-order valence-corrected chi connectivity index (χ3v) is 4.89. The van der Waals surface area contributed by atoms with Crippen LogP contribution in [-0.2, 0) is 41.4 Å². The largest absolute Gasteiger partial charge is 0.470 e. The number of hydrogen-bond donors (Lipinski definition) is 16. The Kier molecular flexibility index (Phi) is 24.5. The fourth-order valence-electron chi connectivity index (χ4n) is 1.67. The topological polar surface area (TPSA) is 485 Å². The number of carbonyl (C=O) groups is 2. The Morgan fingerprint density at radius 2 is 0.810 bits per heavy atom. The Morgan fingerprint density at radius 1 is 0.548 bits per heavy atom. The van der Waals surface area contributed by atoms with Gasteiger partial charge in [0.15, 0.2) is 11.6 Å². The Bertz CT molecular complexity index is 954. The zero-order valence-electron chi connectivity index (χ0n) is 20.4. The molecule has 6 atom stereocenters. The van der Waals surface area contributed by atoms with Crippen molar-refractivity contribution in [3.8, 4) is 0 Å². The number of rotatable bonds is 16. The van der Waals surface area contributed by atoms with Gasteiger partial charge < -0.3 is 85.3 Å². The van der Waals surface area contributed by atoms with E-state index in [1.54, 1.807) is 0 Å². The Labute approximate surface area is 233 Å². The summed E-state index contributed by atoms with van der Waals surface area (Å²) in [5.74, 6) is -2.50. The molecule has 0 aliphatic rings. The fraction of sp³-hybridized carbons (Fsp3) is 0.833.